The van der Waals surface area contributed by atoms with E-state index in [0.717, 1.165) is 6.07 Å². The molecule has 82 valence electrons. The molecule has 0 aliphatic carbocycles. The highest BCUT2D eigenvalue weighted by Crippen LogP contribution is 2.32. The van der Waals surface area contributed by atoms with E-state index >= 15 is 0 Å². The zero-order chi connectivity index (χ0) is 11.6. The first-order valence-electron chi connectivity index (χ1n) is 4.05. The molecule has 0 saturated carbocycles. The summed E-state index contributed by atoms with van der Waals surface area (Å²) in [6.07, 6.45) is -4.46. The number of hydrazine groups is 1. The SMILES string of the molecule is Cc1c(C(=O)NN)cccc1C(F)(F)F. The number of nitrogens with two attached hydrogens (primary N) is 1. The molecule has 0 aromatic heterocycles. The van der Waals surface area contributed by atoms with E-state index in [1.54, 1.807) is 5.43 Å². The number of amides is 1. The van der Waals surface area contributed by atoms with Gasteiger partial charge in [-0.1, -0.05) is 6.07 Å². The maximum atomic E-state index is 12.4. The van der Waals surface area contributed by atoms with Crippen LogP contribution in [0.4, 0.5) is 13.2 Å². The van der Waals surface area contributed by atoms with E-state index in [1.807, 2.05) is 0 Å². The Morgan fingerprint density at radius 1 is 1.40 bits per heavy atom. The van der Waals surface area contributed by atoms with E-state index < -0.39 is 17.6 Å². The fraction of sp³-hybridized carbons (Fsp3) is 0.222. The Labute approximate surface area is 84.0 Å². The minimum Gasteiger partial charge on any atom is -0.290 e. The fourth-order valence-electron chi connectivity index (χ4n) is 1.27. The number of halogens is 3. The summed E-state index contributed by atoms with van der Waals surface area (Å²) in [7, 11) is 0. The molecule has 0 spiro atoms. The van der Waals surface area contributed by atoms with Gasteiger partial charge in [-0.25, -0.2) is 5.84 Å². The molecule has 15 heavy (non-hydrogen) atoms. The van der Waals surface area contributed by atoms with Gasteiger partial charge in [-0.3, -0.25) is 10.2 Å². The molecule has 0 atom stereocenters. The molecule has 0 bridgehead atoms. The Morgan fingerprint density at radius 2 is 2.00 bits per heavy atom. The summed E-state index contributed by atoms with van der Waals surface area (Å²) in [6.45, 7) is 1.23. The molecule has 3 nitrogen and oxygen atoms in total. The number of hydrogen-bond acceptors (Lipinski definition) is 2. The van der Waals surface area contributed by atoms with Crippen LogP contribution in [-0.2, 0) is 6.18 Å². The average molecular weight is 218 g/mol. The molecule has 0 aliphatic rings. The number of nitrogen functional groups attached to an aromatic ring is 1. The van der Waals surface area contributed by atoms with E-state index in [0.29, 0.717) is 0 Å². The lowest BCUT2D eigenvalue weighted by Gasteiger charge is -2.12. The minimum absolute atomic E-state index is 0.0766. The predicted molar refractivity (Wildman–Crippen MR) is 47.8 cm³/mol. The summed E-state index contributed by atoms with van der Waals surface area (Å²) in [5.41, 5.74) is 0.756. The molecule has 0 fully saturated rings. The van der Waals surface area contributed by atoms with Crippen molar-refractivity contribution in [2.45, 2.75) is 13.1 Å². The number of carbonyl (C=O) groups is 1. The van der Waals surface area contributed by atoms with Crippen LogP contribution in [0.25, 0.3) is 0 Å². The molecule has 0 unspecified atom stereocenters. The number of carbonyl (C=O) groups excluding carboxylic acids is 1. The van der Waals surface area contributed by atoms with Gasteiger partial charge in [0, 0.05) is 5.56 Å². The molecule has 1 aromatic carbocycles. The third kappa shape index (κ3) is 2.27. The highest BCUT2D eigenvalue weighted by molar-refractivity contribution is 5.95. The molecule has 0 heterocycles. The highest BCUT2D eigenvalue weighted by atomic mass is 19.4. The number of rotatable bonds is 1. The van der Waals surface area contributed by atoms with Gasteiger partial charge < -0.3 is 0 Å². The molecule has 3 N–H and O–H groups in total. The third-order valence-corrected chi connectivity index (χ3v) is 2.01. The van der Waals surface area contributed by atoms with Crippen LogP contribution in [-0.4, -0.2) is 5.91 Å². The van der Waals surface area contributed by atoms with Crippen molar-refractivity contribution in [2.75, 3.05) is 0 Å². The lowest BCUT2D eigenvalue weighted by molar-refractivity contribution is -0.138. The molecule has 0 radical (unpaired) electrons. The predicted octanol–water partition coefficient (Wildman–Crippen LogP) is 1.62. The van der Waals surface area contributed by atoms with Crippen molar-refractivity contribution >= 4 is 5.91 Å². The third-order valence-electron chi connectivity index (χ3n) is 2.01. The lowest BCUT2D eigenvalue weighted by atomic mass is 10.0. The van der Waals surface area contributed by atoms with Gasteiger partial charge in [0.15, 0.2) is 0 Å². The topological polar surface area (TPSA) is 55.1 Å². The molecule has 1 aromatic rings. The lowest BCUT2D eigenvalue weighted by Crippen LogP contribution is -2.31. The van der Waals surface area contributed by atoms with E-state index in [1.165, 1.54) is 19.1 Å². The van der Waals surface area contributed by atoms with Crippen molar-refractivity contribution in [3.8, 4) is 0 Å². The van der Waals surface area contributed by atoms with E-state index in [2.05, 4.69) is 0 Å². The Morgan fingerprint density at radius 3 is 2.47 bits per heavy atom. The second-order valence-electron chi connectivity index (χ2n) is 2.95. The van der Waals surface area contributed by atoms with Gasteiger partial charge in [0.25, 0.3) is 5.91 Å². The smallest absolute Gasteiger partial charge is 0.290 e. The summed E-state index contributed by atoms with van der Waals surface area (Å²) >= 11 is 0. The number of benzene rings is 1. The summed E-state index contributed by atoms with van der Waals surface area (Å²) in [6, 6.07) is 3.37. The molecule has 0 saturated heterocycles. The van der Waals surface area contributed by atoms with Gasteiger partial charge in [0.1, 0.15) is 0 Å². The van der Waals surface area contributed by atoms with Crippen LogP contribution < -0.4 is 11.3 Å². The van der Waals surface area contributed by atoms with E-state index in [4.69, 9.17) is 5.84 Å². The minimum atomic E-state index is -4.46. The number of nitrogens with one attached hydrogen (secondary N) is 1. The van der Waals surface area contributed by atoms with Crippen molar-refractivity contribution in [3.63, 3.8) is 0 Å². The van der Waals surface area contributed by atoms with Crippen molar-refractivity contribution in [3.05, 3.63) is 34.9 Å². The summed E-state index contributed by atoms with van der Waals surface area (Å²) in [5, 5.41) is 0. The van der Waals surface area contributed by atoms with Gasteiger partial charge in [-0.15, -0.1) is 0 Å². The van der Waals surface area contributed by atoms with E-state index in [9.17, 15) is 18.0 Å². The first-order valence-corrected chi connectivity index (χ1v) is 4.05. The Hall–Kier alpha value is -1.56. The highest BCUT2D eigenvalue weighted by Gasteiger charge is 2.33. The second-order valence-corrected chi connectivity index (χ2v) is 2.95. The van der Waals surface area contributed by atoms with Crippen molar-refractivity contribution in [2.24, 2.45) is 5.84 Å². The molecular formula is C9H9F3N2O. The average Bonchev–Trinajstić information content (AvgIpc) is 2.15. The van der Waals surface area contributed by atoms with Gasteiger partial charge in [-0.05, 0) is 24.6 Å². The normalized spacial score (nSPS) is 11.3. The van der Waals surface area contributed by atoms with E-state index in [-0.39, 0.29) is 11.1 Å². The largest absolute Gasteiger partial charge is 0.416 e. The van der Waals surface area contributed by atoms with Gasteiger partial charge >= 0.3 is 6.18 Å². The van der Waals surface area contributed by atoms with Crippen LogP contribution in [0.3, 0.4) is 0 Å². The molecule has 1 amide bonds. The maximum absolute atomic E-state index is 12.4. The first kappa shape index (κ1) is 11.5. The Bertz CT molecular complexity index is 387. The molecule has 0 aliphatic heterocycles. The second kappa shape index (κ2) is 3.90. The Kier molecular flexibility index (Phi) is 2.99. The number of alkyl halides is 3. The van der Waals surface area contributed by atoms with Crippen molar-refractivity contribution in [1.82, 2.24) is 5.43 Å². The zero-order valence-electron chi connectivity index (χ0n) is 7.85. The zero-order valence-corrected chi connectivity index (χ0v) is 7.85. The van der Waals surface area contributed by atoms with Crippen LogP contribution in [0.2, 0.25) is 0 Å². The number of hydrogen-bond donors (Lipinski definition) is 2. The fourth-order valence-corrected chi connectivity index (χ4v) is 1.27. The van der Waals surface area contributed by atoms with Crippen LogP contribution >= 0.6 is 0 Å². The van der Waals surface area contributed by atoms with Crippen LogP contribution in [0.15, 0.2) is 18.2 Å². The monoisotopic (exact) mass is 218 g/mol. The van der Waals surface area contributed by atoms with Crippen molar-refractivity contribution < 1.29 is 18.0 Å². The van der Waals surface area contributed by atoms with Crippen molar-refractivity contribution in [1.29, 1.82) is 0 Å². The summed E-state index contributed by atoms with van der Waals surface area (Å²) in [4.78, 5) is 11.1. The van der Waals surface area contributed by atoms with Crippen LogP contribution in [0.1, 0.15) is 21.5 Å². The van der Waals surface area contributed by atoms with Gasteiger partial charge in [0.05, 0.1) is 5.56 Å². The van der Waals surface area contributed by atoms with Gasteiger partial charge in [0.2, 0.25) is 0 Å². The maximum Gasteiger partial charge on any atom is 0.416 e. The molecule has 1 rings (SSSR count). The first-order chi connectivity index (χ1) is 6.88. The Balaban J connectivity index is 3.30. The molecular weight excluding hydrogens is 209 g/mol. The van der Waals surface area contributed by atoms with Crippen LogP contribution in [0.5, 0.6) is 0 Å². The molecule has 6 heteroatoms. The van der Waals surface area contributed by atoms with Crippen LogP contribution in [0, 0.1) is 6.92 Å². The summed E-state index contributed by atoms with van der Waals surface area (Å²) in [5.74, 6) is 4.11. The van der Waals surface area contributed by atoms with Gasteiger partial charge in [-0.2, -0.15) is 13.2 Å². The standard InChI is InChI=1S/C9H9F3N2O/c1-5-6(8(15)14-13)3-2-4-7(5)9(10,11)12/h2-4H,13H2,1H3,(H,14,15). The summed E-state index contributed by atoms with van der Waals surface area (Å²) < 4.78 is 37.3. The quantitative estimate of drug-likeness (QED) is 0.427.